The smallest absolute Gasteiger partial charge is 0.272 e. The van der Waals surface area contributed by atoms with Gasteiger partial charge in [0.2, 0.25) is 0 Å². The Morgan fingerprint density at radius 2 is 1.91 bits per heavy atom. The molecule has 1 unspecified atom stereocenters. The number of hydrogen-bond acceptors (Lipinski definition) is 6. The second-order valence-corrected chi connectivity index (χ2v) is 8.80. The average molecular weight is 455 g/mol. The Labute approximate surface area is 191 Å². The molecule has 1 saturated heterocycles. The summed E-state index contributed by atoms with van der Waals surface area (Å²) in [5, 5.41) is 11.3. The van der Waals surface area contributed by atoms with Crippen LogP contribution in [-0.4, -0.2) is 48.2 Å². The van der Waals surface area contributed by atoms with Crippen LogP contribution in [0.2, 0.25) is 0 Å². The summed E-state index contributed by atoms with van der Waals surface area (Å²) >= 11 is 0. The average Bonchev–Trinajstić information content (AvgIpc) is 2.78. The molecule has 2 N–H and O–H groups in total. The predicted molar refractivity (Wildman–Crippen MR) is 123 cm³/mol. The van der Waals surface area contributed by atoms with Crippen molar-refractivity contribution in [2.75, 3.05) is 36.8 Å². The molecule has 1 amide bonds. The van der Waals surface area contributed by atoms with Crippen molar-refractivity contribution in [1.29, 1.82) is 0 Å². The van der Waals surface area contributed by atoms with Crippen molar-refractivity contribution in [3.8, 4) is 0 Å². The molecule has 2 fully saturated rings. The molecule has 1 heterocycles. The molecule has 0 aromatic heterocycles. The summed E-state index contributed by atoms with van der Waals surface area (Å²) in [6, 6.07) is 7.46. The highest BCUT2D eigenvalue weighted by atomic mass is 19.1. The monoisotopic (exact) mass is 454 g/mol. The number of carbonyl (C=O) groups excluding carboxylic acids is 2. The fourth-order valence-electron chi connectivity index (χ4n) is 4.56. The Morgan fingerprint density at radius 1 is 1.21 bits per heavy atom. The van der Waals surface area contributed by atoms with E-state index < -0.39 is 10.7 Å². The van der Waals surface area contributed by atoms with Gasteiger partial charge in [-0.2, -0.15) is 0 Å². The Kier molecular flexibility index (Phi) is 6.31. The Bertz CT molecular complexity index is 1090. The van der Waals surface area contributed by atoms with Crippen LogP contribution in [0.5, 0.6) is 0 Å². The van der Waals surface area contributed by atoms with E-state index in [-0.39, 0.29) is 23.4 Å². The minimum absolute atomic E-state index is 0.146. The van der Waals surface area contributed by atoms with Crippen LogP contribution in [0.4, 0.5) is 21.5 Å². The zero-order chi connectivity index (χ0) is 23.7. The van der Waals surface area contributed by atoms with Crippen molar-refractivity contribution >= 4 is 29.3 Å². The van der Waals surface area contributed by atoms with E-state index in [1.165, 1.54) is 18.2 Å². The molecule has 9 heteroatoms. The van der Waals surface area contributed by atoms with E-state index in [0.717, 1.165) is 25.5 Å². The second kappa shape index (κ2) is 9.17. The van der Waals surface area contributed by atoms with Gasteiger partial charge in [0.25, 0.3) is 11.6 Å². The predicted octanol–water partition coefficient (Wildman–Crippen LogP) is 3.85. The Balaban J connectivity index is 1.52. The Hall–Kier alpha value is -3.49. The molecule has 0 radical (unpaired) electrons. The number of anilines is 2. The van der Waals surface area contributed by atoms with Gasteiger partial charge >= 0.3 is 0 Å². The van der Waals surface area contributed by atoms with Crippen LogP contribution in [0.3, 0.4) is 0 Å². The highest BCUT2D eigenvalue weighted by molar-refractivity contribution is 5.98. The summed E-state index contributed by atoms with van der Waals surface area (Å²) in [5.41, 5.74) is 8.32. The fourth-order valence-corrected chi connectivity index (χ4v) is 4.56. The van der Waals surface area contributed by atoms with Crippen LogP contribution < -0.4 is 10.6 Å². The number of amides is 1. The number of benzene rings is 2. The lowest BCUT2D eigenvalue weighted by atomic mass is 9.77. The molecule has 8 nitrogen and oxygen atoms in total. The molecule has 2 aromatic rings. The lowest BCUT2D eigenvalue weighted by molar-refractivity contribution is -0.384. The summed E-state index contributed by atoms with van der Waals surface area (Å²) in [4.78, 5) is 38.7. The van der Waals surface area contributed by atoms with Crippen molar-refractivity contribution in [3.05, 3.63) is 63.0 Å². The third-order valence-corrected chi connectivity index (χ3v) is 6.76. The van der Waals surface area contributed by atoms with Gasteiger partial charge in [0.1, 0.15) is 12.1 Å². The van der Waals surface area contributed by atoms with Crippen LogP contribution in [0.1, 0.15) is 59.5 Å². The van der Waals surface area contributed by atoms with E-state index in [1.807, 2.05) is 4.90 Å². The topological polar surface area (TPSA) is 110 Å². The van der Waals surface area contributed by atoms with Crippen molar-refractivity contribution < 1.29 is 18.9 Å². The van der Waals surface area contributed by atoms with E-state index in [9.17, 15) is 24.1 Å². The number of aldehydes is 1. The number of nitro groups is 1. The first-order valence-electron chi connectivity index (χ1n) is 11.2. The number of nitrogens with two attached hydrogens (primary N) is 1. The van der Waals surface area contributed by atoms with Crippen molar-refractivity contribution in [2.45, 2.75) is 38.0 Å². The number of carbonyl (C=O) groups is 2. The van der Waals surface area contributed by atoms with Crippen LogP contribution in [0.15, 0.2) is 30.3 Å². The third kappa shape index (κ3) is 4.40. The lowest BCUT2D eigenvalue weighted by Gasteiger charge is -2.37. The van der Waals surface area contributed by atoms with Gasteiger partial charge in [-0.05, 0) is 42.0 Å². The van der Waals surface area contributed by atoms with Gasteiger partial charge in [-0.15, -0.1) is 0 Å². The summed E-state index contributed by atoms with van der Waals surface area (Å²) in [7, 11) is 0. The highest BCUT2D eigenvalue weighted by Gasteiger charge is 2.32. The summed E-state index contributed by atoms with van der Waals surface area (Å²) in [5.74, 6) is -0.912. The highest BCUT2D eigenvalue weighted by Crippen LogP contribution is 2.42. The van der Waals surface area contributed by atoms with Crippen molar-refractivity contribution in [1.82, 2.24) is 4.90 Å². The van der Waals surface area contributed by atoms with Crippen molar-refractivity contribution in [3.63, 3.8) is 0 Å². The first-order chi connectivity index (χ1) is 15.8. The SMILES string of the molecule is CC(C=O)c1ccc(N2CCN(C(=O)c3cc([N+](=O)[O-])cc(N)c3C3CCC3)CC2)c(F)c1. The molecule has 1 aliphatic heterocycles. The molecule has 0 bridgehead atoms. The molecular formula is C24H27FN4O4. The molecule has 2 aliphatic rings. The zero-order valence-electron chi connectivity index (χ0n) is 18.5. The standard InChI is InChI=1S/C24H27FN4O4/c1-15(14-30)17-5-6-22(20(25)11-17)27-7-9-28(10-8-27)24(31)19-12-18(29(32)33)13-21(26)23(19)16-3-2-4-16/h5-6,11-16H,2-4,7-10,26H2,1H3. The molecule has 2 aromatic carbocycles. The molecule has 33 heavy (non-hydrogen) atoms. The number of rotatable bonds is 6. The molecule has 1 atom stereocenters. The van der Waals surface area contributed by atoms with E-state index >= 15 is 0 Å². The number of nitrogens with zero attached hydrogens (tertiary/aromatic N) is 3. The molecule has 0 spiro atoms. The third-order valence-electron chi connectivity index (χ3n) is 6.76. The molecule has 174 valence electrons. The molecule has 1 aliphatic carbocycles. The van der Waals surface area contributed by atoms with Gasteiger partial charge in [-0.25, -0.2) is 4.39 Å². The summed E-state index contributed by atoms with van der Waals surface area (Å²) < 4.78 is 14.7. The van der Waals surface area contributed by atoms with E-state index in [2.05, 4.69) is 0 Å². The number of hydrogen-bond donors (Lipinski definition) is 1. The fraction of sp³-hybridized carbons (Fsp3) is 0.417. The molecule has 4 rings (SSSR count). The number of piperazine rings is 1. The maximum atomic E-state index is 14.7. The van der Waals surface area contributed by atoms with Crippen LogP contribution in [0, 0.1) is 15.9 Å². The van der Waals surface area contributed by atoms with Crippen LogP contribution in [-0.2, 0) is 4.79 Å². The minimum atomic E-state index is -0.534. The number of nitrogen functional groups attached to an aromatic ring is 1. The second-order valence-electron chi connectivity index (χ2n) is 8.80. The van der Waals surface area contributed by atoms with Gasteiger partial charge in [0.15, 0.2) is 0 Å². The normalized spacial score (nSPS) is 17.4. The first-order valence-corrected chi connectivity index (χ1v) is 11.2. The number of nitro benzene ring substituents is 1. The van der Waals surface area contributed by atoms with Gasteiger partial charge in [-0.3, -0.25) is 14.9 Å². The minimum Gasteiger partial charge on any atom is -0.398 e. The molecule has 1 saturated carbocycles. The first kappa shape index (κ1) is 22.7. The number of non-ortho nitro benzene ring substituents is 1. The maximum absolute atomic E-state index is 14.7. The quantitative estimate of drug-likeness (QED) is 0.307. The molecular weight excluding hydrogens is 427 g/mol. The summed E-state index contributed by atoms with van der Waals surface area (Å²) in [6.45, 7) is 3.28. The van der Waals surface area contributed by atoms with Gasteiger partial charge in [0.05, 0.1) is 16.2 Å². The Morgan fingerprint density at radius 3 is 2.45 bits per heavy atom. The van der Waals surface area contributed by atoms with Crippen molar-refractivity contribution in [2.24, 2.45) is 0 Å². The van der Waals surface area contributed by atoms with E-state index in [1.54, 1.807) is 24.0 Å². The number of halogens is 1. The van der Waals surface area contributed by atoms with Crippen LogP contribution in [0.25, 0.3) is 0 Å². The van der Waals surface area contributed by atoms with Gasteiger partial charge in [-0.1, -0.05) is 19.4 Å². The maximum Gasteiger partial charge on any atom is 0.272 e. The van der Waals surface area contributed by atoms with Crippen LogP contribution >= 0.6 is 0 Å². The zero-order valence-corrected chi connectivity index (χ0v) is 18.5. The largest absolute Gasteiger partial charge is 0.398 e. The van der Waals surface area contributed by atoms with Gasteiger partial charge < -0.3 is 20.3 Å². The van der Waals surface area contributed by atoms with E-state index in [0.29, 0.717) is 54.2 Å². The summed E-state index contributed by atoms with van der Waals surface area (Å²) in [6.07, 6.45) is 3.64. The lowest BCUT2D eigenvalue weighted by Crippen LogP contribution is -2.49. The van der Waals surface area contributed by atoms with E-state index in [4.69, 9.17) is 5.73 Å². The van der Waals surface area contributed by atoms with Gasteiger partial charge in [0, 0.05) is 49.9 Å².